The predicted molar refractivity (Wildman–Crippen MR) is 92.0 cm³/mol. The molecule has 2 aromatic carbocycles. The van der Waals surface area contributed by atoms with Crippen LogP contribution in [-0.4, -0.2) is 9.97 Å². The first-order valence-electron chi connectivity index (χ1n) is 6.75. The van der Waals surface area contributed by atoms with Gasteiger partial charge in [-0.15, -0.1) is 22.7 Å². The Kier molecular flexibility index (Phi) is 3.25. The first-order chi connectivity index (χ1) is 10.4. The minimum Gasteiger partial charge on any atom is -0.241 e. The average Bonchev–Trinajstić information content (AvgIpc) is 3.09. The molecule has 102 valence electrons. The Balaban J connectivity index is 1.55. The Labute approximate surface area is 130 Å². The zero-order valence-corrected chi connectivity index (χ0v) is 12.8. The summed E-state index contributed by atoms with van der Waals surface area (Å²) in [5.74, 6) is 0. The zero-order valence-electron chi connectivity index (χ0n) is 11.2. The van der Waals surface area contributed by atoms with Gasteiger partial charge in [-0.2, -0.15) is 0 Å². The molecule has 0 aliphatic carbocycles. The number of para-hydroxylation sites is 2. The lowest BCUT2D eigenvalue weighted by Crippen LogP contribution is -1.77. The maximum Gasteiger partial charge on any atom is 0.117 e. The standard InChI is InChI=1S/C17H12N2S2/c1-3-8-14-12(6-1)18-16(20-14)10-5-11-17-19-13-7-2-4-9-15(13)21-17/h1-10H,11H2/b10-5+. The van der Waals surface area contributed by atoms with Crippen molar-refractivity contribution >= 4 is 49.2 Å². The van der Waals surface area contributed by atoms with E-state index in [1.165, 1.54) is 9.40 Å². The zero-order chi connectivity index (χ0) is 14.1. The summed E-state index contributed by atoms with van der Waals surface area (Å²) in [4.78, 5) is 9.24. The molecule has 4 rings (SSSR count). The Morgan fingerprint density at radius 3 is 2.19 bits per heavy atom. The number of allylic oxidation sites excluding steroid dienone is 1. The maximum absolute atomic E-state index is 4.64. The molecular weight excluding hydrogens is 296 g/mol. The van der Waals surface area contributed by atoms with Gasteiger partial charge in [0.1, 0.15) is 5.01 Å². The van der Waals surface area contributed by atoms with Gasteiger partial charge in [-0.3, -0.25) is 0 Å². The van der Waals surface area contributed by atoms with Gasteiger partial charge in [0.25, 0.3) is 0 Å². The van der Waals surface area contributed by atoms with Crippen LogP contribution in [0.15, 0.2) is 54.6 Å². The van der Waals surface area contributed by atoms with Gasteiger partial charge < -0.3 is 0 Å². The summed E-state index contributed by atoms with van der Waals surface area (Å²) in [6, 6.07) is 16.5. The van der Waals surface area contributed by atoms with Crippen molar-refractivity contribution in [2.75, 3.05) is 0 Å². The van der Waals surface area contributed by atoms with Gasteiger partial charge in [-0.05, 0) is 30.3 Å². The second-order valence-electron chi connectivity index (χ2n) is 4.70. The van der Waals surface area contributed by atoms with Crippen LogP contribution in [0.1, 0.15) is 10.0 Å². The Morgan fingerprint density at radius 2 is 1.48 bits per heavy atom. The van der Waals surface area contributed by atoms with Crippen LogP contribution < -0.4 is 0 Å². The molecule has 21 heavy (non-hydrogen) atoms. The summed E-state index contributed by atoms with van der Waals surface area (Å²) in [5, 5.41) is 2.20. The molecule has 0 N–H and O–H groups in total. The molecule has 0 unspecified atom stereocenters. The summed E-state index contributed by atoms with van der Waals surface area (Å²) < 4.78 is 2.48. The van der Waals surface area contributed by atoms with Crippen LogP contribution in [0, 0.1) is 0 Å². The van der Waals surface area contributed by atoms with Crippen molar-refractivity contribution in [2.45, 2.75) is 6.42 Å². The van der Waals surface area contributed by atoms with Gasteiger partial charge in [0.05, 0.1) is 25.4 Å². The highest BCUT2D eigenvalue weighted by atomic mass is 32.1. The van der Waals surface area contributed by atoms with Gasteiger partial charge >= 0.3 is 0 Å². The second-order valence-corrected chi connectivity index (χ2v) is 6.88. The van der Waals surface area contributed by atoms with Gasteiger partial charge in [-0.25, -0.2) is 9.97 Å². The van der Waals surface area contributed by atoms with Crippen LogP contribution in [0.5, 0.6) is 0 Å². The highest BCUT2D eigenvalue weighted by molar-refractivity contribution is 7.19. The lowest BCUT2D eigenvalue weighted by atomic mass is 10.3. The van der Waals surface area contributed by atoms with Crippen LogP contribution in [0.25, 0.3) is 26.5 Å². The number of fused-ring (bicyclic) bond motifs is 2. The van der Waals surface area contributed by atoms with Crippen LogP contribution in [0.3, 0.4) is 0 Å². The molecule has 0 aliphatic rings. The fourth-order valence-corrected chi connectivity index (χ4v) is 4.07. The molecule has 0 amide bonds. The molecule has 4 heteroatoms. The molecule has 2 aromatic heterocycles. The van der Waals surface area contributed by atoms with E-state index < -0.39 is 0 Å². The second kappa shape index (κ2) is 5.39. The van der Waals surface area contributed by atoms with E-state index >= 15 is 0 Å². The third-order valence-electron chi connectivity index (χ3n) is 3.20. The lowest BCUT2D eigenvalue weighted by Gasteiger charge is -1.85. The number of nitrogens with zero attached hydrogens (tertiary/aromatic N) is 2. The van der Waals surface area contributed by atoms with E-state index in [9.17, 15) is 0 Å². The van der Waals surface area contributed by atoms with Crippen molar-refractivity contribution in [1.82, 2.24) is 9.97 Å². The predicted octanol–water partition coefficient (Wildman–Crippen LogP) is 5.16. The summed E-state index contributed by atoms with van der Waals surface area (Å²) in [5.41, 5.74) is 2.16. The van der Waals surface area contributed by atoms with Crippen molar-refractivity contribution in [3.05, 3.63) is 64.6 Å². The summed E-state index contributed by atoms with van der Waals surface area (Å²) in [7, 11) is 0. The third kappa shape index (κ3) is 2.60. The van der Waals surface area contributed by atoms with Crippen LogP contribution in [0.2, 0.25) is 0 Å². The molecule has 0 saturated carbocycles. The SMILES string of the molecule is C(=C\c1nc2ccccc2s1)/Cc1nc2ccccc2s1. The molecular formula is C17H12N2S2. The Bertz CT molecular complexity index is 868. The van der Waals surface area contributed by atoms with E-state index in [0.29, 0.717) is 0 Å². The summed E-state index contributed by atoms with van der Waals surface area (Å²) in [6.45, 7) is 0. The van der Waals surface area contributed by atoms with Crippen LogP contribution in [-0.2, 0) is 6.42 Å². The molecule has 0 aliphatic heterocycles. The van der Waals surface area contributed by atoms with Gasteiger partial charge in [-0.1, -0.05) is 30.3 Å². The molecule has 0 radical (unpaired) electrons. The minimum absolute atomic E-state index is 0.856. The van der Waals surface area contributed by atoms with Crippen LogP contribution in [0.4, 0.5) is 0 Å². The summed E-state index contributed by atoms with van der Waals surface area (Å²) >= 11 is 3.48. The van der Waals surface area contributed by atoms with Crippen molar-refractivity contribution < 1.29 is 0 Å². The number of rotatable bonds is 3. The van der Waals surface area contributed by atoms with Crippen molar-refractivity contribution in [2.24, 2.45) is 0 Å². The van der Waals surface area contributed by atoms with E-state index in [0.717, 1.165) is 27.5 Å². The first kappa shape index (κ1) is 12.7. The molecule has 0 spiro atoms. The Morgan fingerprint density at radius 1 is 0.810 bits per heavy atom. The number of hydrogen-bond donors (Lipinski definition) is 0. The molecule has 0 atom stereocenters. The number of hydrogen-bond acceptors (Lipinski definition) is 4. The first-order valence-corrected chi connectivity index (χ1v) is 8.38. The smallest absolute Gasteiger partial charge is 0.117 e. The lowest BCUT2D eigenvalue weighted by molar-refractivity contribution is 1.22. The van der Waals surface area contributed by atoms with Gasteiger partial charge in [0.15, 0.2) is 0 Å². The molecule has 4 aromatic rings. The minimum atomic E-state index is 0.856. The normalized spacial score (nSPS) is 11.8. The van der Waals surface area contributed by atoms with E-state index in [4.69, 9.17) is 0 Å². The number of aromatic nitrogens is 2. The molecule has 0 bridgehead atoms. The largest absolute Gasteiger partial charge is 0.241 e. The van der Waals surface area contributed by atoms with Gasteiger partial charge in [0, 0.05) is 6.42 Å². The van der Waals surface area contributed by atoms with Crippen LogP contribution >= 0.6 is 22.7 Å². The Hall–Kier alpha value is -2.04. The molecule has 2 nitrogen and oxygen atoms in total. The fraction of sp³-hybridized carbons (Fsp3) is 0.0588. The van der Waals surface area contributed by atoms with E-state index in [-0.39, 0.29) is 0 Å². The fourth-order valence-electron chi connectivity index (χ4n) is 2.23. The van der Waals surface area contributed by atoms with Crippen molar-refractivity contribution in [1.29, 1.82) is 0 Å². The van der Waals surface area contributed by atoms with Crippen molar-refractivity contribution in [3.8, 4) is 0 Å². The average molecular weight is 308 g/mol. The van der Waals surface area contributed by atoms with Crippen molar-refractivity contribution in [3.63, 3.8) is 0 Å². The maximum atomic E-state index is 4.64. The van der Waals surface area contributed by atoms with E-state index in [1.807, 2.05) is 12.1 Å². The number of benzene rings is 2. The topological polar surface area (TPSA) is 25.8 Å². The quantitative estimate of drug-likeness (QED) is 0.522. The van der Waals surface area contributed by atoms with Gasteiger partial charge in [0.2, 0.25) is 0 Å². The molecule has 0 fully saturated rings. The third-order valence-corrected chi connectivity index (χ3v) is 5.26. The highest BCUT2D eigenvalue weighted by Crippen LogP contribution is 2.24. The van der Waals surface area contributed by atoms with E-state index in [2.05, 4.69) is 58.5 Å². The molecule has 2 heterocycles. The number of thiazole rings is 2. The van der Waals surface area contributed by atoms with E-state index in [1.54, 1.807) is 22.7 Å². The monoisotopic (exact) mass is 308 g/mol. The highest BCUT2D eigenvalue weighted by Gasteiger charge is 2.02. The molecule has 0 saturated heterocycles. The summed E-state index contributed by atoms with van der Waals surface area (Å²) in [6.07, 6.45) is 5.10.